The topological polar surface area (TPSA) is 117 Å². The lowest BCUT2D eigenvalue weighted by atomic mass is 9.94. The fraction of sp³-hybridized carbons (Fsp3) is 0.0769. The molecule has 1 aromatic heterocycles. The molecule has 5 rings (SSSR count). The van der Waals surface area contributed by atoms with E-state index in [0.29, 0.717) is 11.3 Å². The van der Waals surface area contributed by atoms with E-state index < -0.39 is 28.4 Å². The number of aryl methyl sites for hydroxylation is 1. The Kier molecular flexibility index (Phi) is 4.98. The summed E-state index contributed by atoms with van der Waals surface area (Å²) < 4.78 is 0. The van der Waals surface area contributed by atoms with E-state index in [9.17, 15) is 24.8 Å². The number of benzene rings is 3. The highest BCUT2D eigenvalue weighted by atomic mass is 16.6. The summed E-state index contributed by atoms with van der Waals surface area (Å²) in [7, 11) is 0. The highest BCUT2D eigenvalue weighted by Gasteiger charge is 2.48. The zero-order valence-electron chi connectivity index (χ0n) is 18.1. The van der Waals surface area contributed by atoms with E-state index in [1.165, 1.54) is 29.2 Å². The summed E-state index contributed by atoms with van der Waals surface area (Å²) in [5.41, 5.74) is 2.48. The molecule has 1 saturated heterocycles. The molecule has 168 valence electrons. The number of carbonyl (C=O) groups excluding carboxylic acids is 2. The molecule has 8 nitrogen and oxygen atoms in total. The van der Waals surface area contributed by atoms with Gasteiger partial charge in [-0.25, -0.2) is 0 Å². The maximum Gasteiger partial charge on any atom is 0.300 e. The van der Waals surface area contributed by atoms with E-state index in [-0.39, 0.29) is 16.8 Å². The van der Waals surface area contributed by atoms with Crippen molar-refractivity contribution in [3.05, 3.63) is 111 Å². The molecule has 0 aliphatic carbocycles. The number of nitro benzene ring substituents is 1. The van der Waals surface area contributed by atoms with Crippen molar-refractivity contribution in [2.75, 3.05) is 4.90 Å². The SMILES string of the molecule is Cc1ccccc1N1C(=O)C(=O)/C(=C(/O)c2cccc([N+](=O)[O-])c2)C1c1c[nH]c2ccccc12. The molecule has 0 bridgehead atoms. The molecule has 8 heteroatoms. The molecule has 0 radical (unpaired) electrons. The second kappa shape index (κ2) is 8.00. The van der Waals surface area contributed by atoms with Gasteiger partial charge in [-0.2, -0.15) is 0 Å². The van der Waals surface area contributed by atoms with Crippen LogP contribution in [0.2, 0.25) is 0 Å². The first kappa shape index (κ1) is 21.1. The van der Waals surface area contributed by atoms with Gasteiger partial charge in [-0.15, -0.1) is 0 Å². The molecule has 0 saturated carbocycles. The van der Waals surface area contributed by atoms with Crippen molar-refractivity contribution >= 4 is 39.7 Å². The molecular weight excluding hydrogens is 434 g/mol. The van der Waals surface area contributed by atoms with Crippen molar-refractivity contribution in [1.82, 2.24) is 4.98 Å². The van der Waals surface area contributed by atoms with Crippen LogP contribution in [0.5, 0.6) is 0 Å². The molecule has 1 fully saturated rings. The number of hydrogen-bond donors (Lipinski definition) is 2. The number of anilines is 1. The first-order valence-electron chi connectivity index (χ1n) is 10.6. The van der Waals surface area contributed by atoms with Crippen LogP contribution in [0.25, 0.3) is 16.7 Å². The van der Waals surface area contributed by atoms with Gasteiger partial charge in [-0.05, 0) is 24.6 Å². The Morgan fingerprint density at radius 1 is 1.03 bits per heavy atom. The van der Waals surface area contributed by atoms with E-state index in [1.54, 1.807) is 18.3 Å². The molecule has 34 heavy (non-hydrogen) atoms. The quantitative estimate of drug-likeness (QED) is 0.148. The number of non-ortho nitro benzene ring substituents is 1. The zero-order chi connectivity index (χ0) is 24.0. The Morgan fingerprint density at radius 2 is 1.76 bits per heavy atom. The smallest absolute Gasteiger partial charge is 0.300 e. The lowest BCUT2D eigenvalue weighted by molar-refractivity contribution is -0.384. The lowest BCUT2D eigenvalue weighted by Crippen LogP contribution is -2.30. The van der Waals surface area contributed by atoms with Crippen molar-refractivity contribution in [2.45, 2.75) is 13.0 Å². The zero-order valence-corrected chi connectivity index (χ0v) is 18.1. The number of aromatic amines is 1. The van der Waals surface area contributed by atoms with Crippen molar-refractivity contribution in [3.8, 4) is 0 Å². The van der Waals surface area contributed by atoms with Gasteiger partial charge >= 0.3 is 0 Å². The van der Waals surface area contributed by atoms with Gasteiger partial charge < -0.3 is 10.1 Å². The number of fused-ring (bicyclic) bond motifs is 1. The van der Waals surface area contributed by atoms with Crippen LogP contribution in [0.15, 0.2) is 84.6 Å². The second-order valence-electron chi connectivity index (χ2n) is 8.05. The summed E-state index contributed by atoms with van der Waals surface area (Å²) in [5.74, 6) is -2.10. The second-order valence-corrected chi connectivity index (χ2v) is 8.05. The Labute approximate surface area is 193 Å². The molecular formula is C26H19N3O5. The van der Waals surface area contributed by atoms with Crippen LogP contribution in [0.3, 0.4) is 0 Å². The third-order valence-electron chi connectivity index (χ3n) is 6.07. The van der Waals surface area contributed by atoms with Crippen LogP contribution in [0.1, 0.15) is 22.7 Å². The van der Waals surface area contributed by atoms with Crippen molar-refractivity contribution < 1.29 is 19.6 Å². The number of nitro groups is 1. The van der Waals surface area contributed by atoms with Gasteiger partial charge in [-0.1, -0.05) is 48.5 Å². The number of aliphatic hydroxyl groups is 1. The molecule has 0 spiro atoms. The maximum absolute atomic E-state index is 13.3. The lowest BCUT2D eigenvalue weighted by Gasteiger charge is -2.26. The van der Waals surface area contributed by atoms with Gasteiger partial charge in [0.15, 0.2) is 0 Å². The Bertz CT molecular complexity index is 1520. The number of carbonyl (C=O) groups is 2. The Balaban J connectivity index is 1.80. The normalized spacial score (nSPS) is 17.4. The van der Waals surface area contributed by atoms with Gasteiger partial charge in [0.2, 0.25) is 0 Å². The number of ketones is 1. The summed E-state index contributed by atoms with van der Waals surface area (Å²) in [4.78, 5) is 41.9. The number of Topliss-reactive ketones (excluding diaryl/α,β-unsaturated/α-hetero) is 1. The largest absolute Gasteiger partial charge is 0.507 e. The van der Waals surface area contributed by atoms with Crippen LogP contribution < -0.4 is 4.90 Å². The van der Waals surface area contributed by atoms with Crippen LogP contribution in [0, 0.1) is 17.0 Å². The van der Waals surface area contributed by atoms with Gasteiger partial charge in [0.05, 0.1) is 16.5 Å². The molecule has 4 aromatic rings. The summed E-state index contributed by atoms with van der Waals surface area (Å²) in [6, 6.07) is 19.1. The molecule has 2 N–H and O–H groups in total. The van der Waals surface area contributed by atoms with Crippen LogP contribution in [0.4, 0.5) is 11.4 Å². The van der Waals surface area contributed by atoms with E-state index in [0.717, 1.165) is 16.5 Å². The summed E-state index contributed by atoms with van der Waals surface area (Å²) in [6.45, 7) is 1.83. The monoisotopic (exact) mass is 453 g/mol. The van der Waals surface area contributed by atoms with Crippen LogP contribution in [-0.2, 0) is 9.59 Å². The van der Waals surface area contributed by atoms with E-state index in [2.05, 4.69) is 4.98 Å². The minimum atomic E-state index is -0.934. The molecule has 1 aliphatic rings. The van der Waals surface area contributed by atoms with Gasteiger partial charge in [0.1, 0.15) is 5.76 Å². The number of nitrogens with zero attached hydrogens (tertiary/aromatic N) is 2. The van der Waals surface area contributed by atoms with Crippen molar-refractivity contribution in [3.63, 3.8) is 0 Å². The summed E-state index contributed by atoms with van der Waals surface area (Å²) >= 11 is 0. The minimum Gasteiger partial charge on any atom is -0.507 e. The Hall–Kier alpha value is -4.72. The average Bonchev–Trinajstić information content (AvgIpc) is 3.38. The van der Waals surface area contributed by atoms with Crippen LogP contribution >= 0.6 is 0 Å². The third-order valence-corrected chi connectivity index (χ3v) is 6.07. The first-order chi connectivity index (χ1) is 16.4. The molecule has 1 aliphatic heterocycles. The predicted molar refractivity (Wildman–Crippen MR) is 127 cm³/mol. The maximum atomic E-state index is 13.3. The number of para-hydroxylation sites is 2. The van der Waals surface area contributed by atoms with E-state index >= 15 is 0 Å². The number of amides is 1. The van der Waals surface area contributed by atoms with Crippen LogP contribution in [-0.4, -0.2) is 26.7 Å². The third kappa shape index (κ3) is 3.24. The molecule has 3 aromatic carbocycles. The molecule has 1 amide bonds. The van der Waals surface area contributed by atoms with E-state index in [1.807, 2.05) is 43.3 Å². The number of aromatic nitrogens is 1. The summed E-state index contributed by atoms with van der Waals surface area (Å²) in [6.07, 6.45) is 1.72. The number of rotatable bonds is 4. The first-order valence-corrected chi connectivity index (χ1v) is 10.6. The summed E-state index contributed by atoms with van der Waals surface area (Å²) in [5, 5.41) is 23.3. The van der Waals surface area contributed by atoms with Gasteiger partial charge in [0.25, 0.3) is 17.4 Å². The highest BCUT2D eigenvalue weighted by Crippen LogP contribution is 2.45. The fourth-order valence-electron chi connectivity index (χ4n) is 4.45. The standard InChI is InChI=1S/C26H19N3O5/c1-15-7-2-5-12-21(15)28-23(19-14-27-20-11-4-3-10-18(19)20)22(25(31)26(28)32)24(30)16-8-6-9-17(13-16)29(33)34/h2-14,23,27,30H,1H3/b24-22+. The van der Waals surface area contributed by atoms with E-state index in [4.69, 9.17) is 0 Å². The van der Waals surface area contributed by atoms with Gasteiger partial charge in [0, 0.05) is 46.0 Å². The number of nitrogens with one attached hydrogen (secondary N) is 1. The minimum absolute atomic E-state index is 0.0850. The number of H-pyrrole nitrogens is 1. The molecule has 2 heterocycles. The predicted octanol–water partition coefficient (Wildman–Crippen LogP) is 5.01. The molecule has 1 unspecified atom stereocenters. The average molecular weight is 453 g/mol. The van der Waals surface area contributed by atoms with Crippen molar-refractivity contribution in [1.29, 1.82) is 0 Å². The Morgan fingerprint density at radius 3 is 2.53 bits per heavy atom. The highest BCUT2D eigenvalue weighted by molar-refractivity contribution is 6.52. The number of aliphatic hydroxyl groups excluding tert-OH is 1. The van der Waals surface area contributed by atoms with Crippen molar-refractivity contribution in [2.24, 2.45) is 0 Å². The number of hydrogen-bond acceptors (Lipinski definition) is 5. The molecule has 1 atom stereocenters. The van der Waals surface area contributed by atoms with Gasteiger partial charge in [-0.3, -0.25) is 24.6 Å². The fourth-order valence-corrected chi connectivity index (χ4v) is 4.45.